The zero-order valence-electron chi connectivity index (χ0n) is 19.5. The Morgan fingerprint density at radius 1 is 1.20 bits per heavy atom. The van der Waals surface area contributed by atoms with Gasteiger partial charge in [0.15, 0.2) is 0 Å². The first-order valence-electron chi connectivity index (χ1n) is 10.5. The molecule has 1 fully saturated rings. The summed E-state index contributed by atoms with van der Waals surface area (Å²) in [5, 5.41) is 11.7. The number of carbonyl (C=O) groups excluding carboxylic acids is 3. The average Bonchev–Trinajstić information content (AvgIpc) is 2.81. The van der Waals surface area contributed by atoms with E-state index in [0.717, 1.165) is 0 Å². The number of amides is 3. The molecule has 1 heterocycles. The summed E-state index contributed by atoms with van der Waals surface area (Å²) >= 11 is 0. The standard InChI is InChI=1S/C22H27F3N6O4/c1-12(26)17(13(2)28-3)20(33)31-8-9-35-11-16(31)10-29-19(32)15-6-4-14(5-7-15)18(27)30-21(34)22(23,24)25/h4-7,16H,8-11,26H2,1-3H3,(H,29,32)(H2,27,30,34). The largest absolute Gasteiger partial charge is 0.471 e. The zero-order chi connectivity index (χ0) is 26.3. The first-order valence-corrected chi connectivity index (χ1v) is 10.5. The van der Waals surface area contributed by atoms with Crippen molar-refractivity contribution >= 4 is 29.3 Å². The minimum Gasteiger partial charge on any atom is -0.402 e. The van der Waals surface area contributed by atoms with Gasteiger partial charge in [-0.25, -0.2) is 0 Å². The third-order valence-corrected chi connectivity index (χ3v) is 5.22. The summed E-state index contributed by atoms with van der Waals surface area (Å²) in [6, 6.07) is 4.62. The van der Waals surface area contributed by atoms with Crippen LogP contribution in [0, 0.1) is 5.41 Å². The Bertz CT molecular complexity index is 1050. The van der Waals surface area contributed by atoms with Crippen molar-refractivity contribution in [3.8, 4) is 0 Å². The normalized spacial score (nSPS) is 17.4. The number of benzene rings is 1. The third kappa shape index (κ3) is 7.12. The van der Waals surface area contributed by atoms with Gasteiger partial charge in [-0.2, -0.15) is 13.2 Å². The first kappa shape index (κ1) is 27.5. The number of hydrogen-bond donors (Lipinski definition) is 4. The molecule has 13 heteroatoms. The van der Waals surface area contributed by atoms with Crippen LogP contribution >= 0.6 is 0 Å². The second-order valence-corrected chi connectivity index (χ2v) is 7.71. The van der Waals surface area contributed by atoms with E-state index < -0.39 is 29.9 Å². The van der Waals surface area contributed by atoms with Gasteiger partial charge >= 0.3 is 12.1 Å². The number of aliphatic imine (C=N–C) groups is 1. The van der Waals surface area contributed by atoms with E-state index in [1.165, 1.54) is 29.6 Å². The zero-order valence-corrected chi connectivity index (χ0v) is 19.5. The Kier molecular flexibility index (Phi) is 9.12. The Labute approximate surface area is 199 Å². The van der Waals surface area contributed by atoms with Crippen molar-refractivity contribution in [2.45, 2.75) is 26.1 Å². The summed E-state index contributed by atoms with van der Waals surface area (Å²) in [5.74, 6) is -3.84. The first-order chi connectivity index (χ1) is 16.4. The van der Waals surface area contributed by atoms with Crippen LogP contribution in [0.3, 0.4) is 0 Å². The lowest BCUT2D eigenvalue weighted by Crippen LogP contribution is -2.54. The lowest BCUT2D eigenvalue weighted by molar-refractivity contribution is -0.171. The number of alkyl halides is 3. The topological polar surface area (TPSA) is 150 Å². The Morgan fingerprint density at radius 3 is 2.34 bits per heavy atom. The summed E-state index contributed by atoms with van der Waals surface area (Å²) < 4.78 is 42.5. The number of hydrogen-bond acceptors (Lipinski definition) is 7. The molecule has 5 N–H and O–H groups in total. The van der Waals surface area contributed by atoms with E-state index in [1.54, 1.807) is 25.8 Å². The van der Waals surface area contributed by atoms with Gasteiger partial charge in [0.2, 0.25) is 0 Å². The van der Waals surface area contributed by atoms with Crippen LogP contribution in [0.1, 0.15) is 29.8 Å². The highest BCUT2D eigenvalue weighted by molar-refractivity contribution is 6.21. The Balaban J connectivity index is 2.05. The van der Waals surface area contributed by atoms with Gasteiger partial charge in [-0.15, -0.1) is 0 Å². The molecule has 0 spiro atoms. The van der Waals surface area contributed by atoms with Crippen molar-refractivity contribution in [2.24, 2.45) is 10.7 Å². The minimum atomic E-state index is -5.12. The quantitative estimate of drug-likeness (QED) is 0.263. The molecular weight excluding hydrogens is 469 g/mol. The molecule has 2 rings (SSSR count). The van der Waals surface area contributed by atoms with Gasteiger partial charge in [-0.05, 0) is 26.0 Å². The molecule has 0 saturated carbocycles. The number of amidine groups is 1. The number of morpholine rings is 1. The molecule has 0 aliphatic carbocycles. The second kappa shape index (κ2) is 11.6. The van der Waals surface area contributed by atoms with Gasteiger partial charge in [0.25, 0.3) is 11.8 Å². The second-order valence-electron chi connectivity index (χ2n) is 7.71. The van der Waals surface area contributed by atoms with E-state index in [0.29, 0.717) is 30.1 Å². The van der Waals surface area contributed by atoms with Crippen LogP contribution < -0.4 is 16.4 Å². The molecule has 190 valence electrons. The van der Waals surface area contributed by atoms with Crippen LogP contribution in [0.4, 0.5) is 13.2 Å². The highest BCUT2D eigenvalue weighted by atomic mass is 19.4. The molecule has 0 bridgehead atoms. The molecule has 0 aromatic heterocycles. The molecule has 1 aromatic carbocycles. The fourth-order valence-corrected chi connectivity index (χ4v) is 3.31. The number of nitrogens with one attached hydrogen (secondary N) is 3. The van der Waals surface area contributed by atoms with E-state index in [2.05, 4.69) is 10.3 Å². The fraction of sp³-hybridized carbons (Fsp3) is 0.409. The maximum Gasteiger partial charge on any atom is 0.471 e. The Morgan fingerprint density at radius 2 is 1.80 bits per heavy atom. The van der Waals surface area contributed by atoms with Crippen molar-refractivity contribution in [1.29, 1.82) is 5.41 Å². The predicted octanol–water partition coefficient (Wildman–Crippen LogP) is 0.971. The number of nitrogens with two attached hydrogens (primary N) is 1. The third-order valence-electron chi connectivity index (χ3n) is 5.22. The highest BCUT2D eigenvalue weighted by Crippen LogP contribution is 2.16. The van der Waals surface area contributed by atoms with Crippen LogP contribution in [0.25, 0.3) is 0 Å². The number of rotatable bonds is 6. The van der Waals surface area contributed by atoms with E-state index in [4.69, 9.17) is 15.9 Å². The molecule has 1 saturated heterocycles. The minimum absolute atomic E-state index is 0.0129. The number of nitrogens with zero attached hydrogens (tertiary/aromatic N) is 2. The molecule has 0 radical (unpaired) electrons. The summed E-state index contributed by atoms with van der Waals surface area (Å²) in [6.45, 7) is 4.18. The van der Waals surface area contributed by atoms with E-state index in [1.807, 2.05) is 0 Å². The van der Waals surface area contributed by atoms with Gasteiger partial charge in [-0.3, -0.25) is 24.8 Å². The molecular formula is C22H27F3N6O4. The van der Waals surface area contributed by atoms with Gasteiger partial charge < -0.3 is 26.0 Å². The fourth-order valence-electron chi connectivity index (χ4n) is 3.31. The maximum absolute atomic E-state index is 13.1. The summed E-state index contributed by atoms with van der Waals surface area (Å²) in [4.78, 5) is 42.3. The number of carbonyl (C=O) groups is 3. The van der Waals surface area contributed by atoms with Crippen molar-refractivity contribution in [2.75, 3.05) is 33.4 Å². The van der Waals surface area contributed by atoms with Crippen LogP contribution in [-0.2, 0) is 14.3 Å². The van der Waals surface area contributed by atoms with Crippen molar-refractivity contribution in [3.05, 3.63) is 46.7 Å². The molecule has 3 amide bonds. The van der Waals surface area contributed by atoms with Crippen LogP contribution in [0.15, 0.2) is 40.5 Å². The van der Waals surface area contributed by atoms with Gasteiger partial charge in [-0.1, -0.05) is 12.1 Å². The predicted molar refractivity (Wildman–Crippen MR) is 122 cm³/mol. The molecule has 1 aromatic rings. The van der Waals surface area contributed by atoms with Gasteiger partial charge in [0.1, 0.15) is 5.84 Å². The van der Waals surface area contributed by atoms with Crippen LogP contribution in [0.5, 0.6) is 0 Å². The number of allylic oxidation sites excluding steroid dienone is 1. The van der Waals surface area contributed by atoms with Gasteiger partial charge in [0.05, 0.1) is 24.8 Å². The highest BCUT2D eigenvalue weighted by Gasteiger charge is 2.39. The van der Waals surface area contributed by atoms with Crippen molar-refractivity contribution in [1.82, 2.24) is 15.5 Å². The average molecular weight is 496 g/mol. The number of halogens is 3. The summed E-state index contributed by atoms with van der Waals surface area (Å²) in [6.07, 6.45) is -5.12. The summed E-state index contributed by atoms with van der Waals surface area (Å²) in [5.41, 5.74) is 7.16. The molecule has 1 unspecified atom stereocenters. The summed E-state index contributed by atoms with van der Waals surface area (Å²) in [7, 11) is 1.56. The van der Waals surface area contributed by atoms with Crippen molar-refractivity contribution < 1.29 is 32.3 Å². The molecule has 10 nitrogen and oxygen atoms in total. The van der Waals surface area contributed by atoms with Gasteiger partial charge in [0, 0.05) is 42.7 Å². The molecule has 1 atom stereocenters. The molecule has 1 aliphatic heterocycles. The SMILES string of the molecule is CN=C(C)C(C(=O)N1CCOCC1CNC(=O)c1ccc(C(=N)NC(=O)C(F)(F)F)cc1)=C(C)N. The molecule has 1 aliphatic rings. The number of ether oxygens (including phenoxy) is 1. The smallest absolute Gasteiger partial charge is 0.402 e. The van der Waals surface area contributed by atoms with E-state index in [-0.39, 0.29) is 30.2 Å². The maximum atomic E-state index is 13.1. The van der Waals surface area contributed by atoms with Crippen LogP contribution in [0.2, 0.25) is 0 Å². The monoisotopic (exact) mass is 496 g/mol. The van der Waals surface area contributed by atoms with Crippen molar-refractivity contribution in [3.63, 3.8) is 0 Å². The lowest BCUT2D eigenvalue weighted by atomic mass is 10.1. The van der Waals surface area contributed by atoms with Crippen LogP contribution in [-0.4, -0.2) is 79.7 Å². The van der Waals surface area contributed by atoms with E-state index >= 15 is 0 Å². The lowest BCUT2D eigenvalue weighted by Gasteiger charge is -2.36. The Hall–Kier alpha value is -3.74. The molecule has 35 heavy (non-hydrogen) atoms. The van der Waals surface area contributed by atoms with E-state index in [9.17, 15) is 27.6 Å².